The molecule has 0 unspecified atom stereocenters. The van der Waals surface area contributed by atoms with Crippen molar-refractivity contribution in [3.63, 3.8) is 0 Å². The molecule has 3 nitrogen and oxygen atoms in total. The summed E-state index contributed by atoms with van der Waals surface area (Å²) >= 11 is 0. The third-order valence-corrected chi connectivity index (χ3v) is 2.50. The summed E-state index contributed by atoms with van der Waals surface area (Å²) < 4.78 is 0. The van der Waals surface area contributed by atoms with Crippen LogP contribution in [0.1, 0.15) is 61.3 Å². The van der Waals surface area contributed by atoms with Gasteiger partial charge < -0.3 is 11.1 Å². The molecule has 102 valence electrons. The number of nitrogens with two attached hydrogens (primary N) is 1. The van der Waals surface area contributed by atoms with Gasteiger partial charge in [0.1, 0.15) is 0 Å². The van der Waals surface area contributed by atoms with Gasteiger partial charge in [-0.3, -0.25) is 4.79 Å². The lowest BCUT2D eigenvalue weighted by molar-refractivity contribution is -0.124. The molecule has 0 spiro atoms. The molecule has 0 aliphatic carbocycles. The van der Waals surface area contributed by atoms with Gasteiger partial charge in [-0.05, 0) is 38.0 Å². The topological polar surface area (TPSA) is 55.1 Å². The Labute approximate surface area is 107 Å². The molecule has 0 radical (unpaired) electrons. The van der Waals surface area contributed by atoms with Gasteiger partial charge in [0.15, 0.2) is 0 Å². The first-order valence-electron chi connectivity index (χ1n) is 6.50. The Kier molecular flexibility index (Phi) is 5.66. The Hall–Kier alpha value is -0.570. The normalized spacial score (nSPS) is 14.9. The third-order valence-electron chi connectivity index (χ3n) is 2.50. The molecular weight excluding hydrogens is 212 g/mol. The third kappa shape index (κ3) is 8.19. The van der Waals surface area contributed by atoms with Crippen molar-refractivity contribution in [1.82, 2.24) is 5.32 Å². The molecule has 0 bridgehead atoms. The predicted octanol–water partition coefficient (Wildman–Crippen LogP) is 2.69. The molecule has 0 aliphatic rings. The number of hydrogen-bond acceptors (Lipinski definition) is 2. The smallest absolute Gasteiger partial charge is 0.237 e. The molecule has 3 heteroatoms. The van der Waals surface area contributed by atoms with E-state index in [1.807, 2.05) is 0 Å². The van der Waals surface area contributed by atoms with Gasteiger partial charge in [-0.1, -0.05) is 34.6 Å². The van der Waals surface area contributed by atoms with Crippen molar-refractivity contribution in [3.8, 4) is 0 Å². The van der Waals surface area contributed by atoms with Crippen LogP contribution in [0.25, 0.3) is 0 Å². The molecule has 17 heavy (non-hydrogen) atoms. The first-order chi connectivity index (χ1) is 7.43. The summed E-state index contributed by atoms with van der Waals surface area (Å²) in [7, 11) is 0. The zero-order chi connectivity index (χ0) is 13.9. The van der Waals surface area contributed by atoms with Crippen LogP contribution in [0.2, 0.25) is 0 Å². The highest BCUT2D eigenvalue weighted by Crippen LogP contribution is 2.26. The predicted molar refractivity (Wildman–Crippen MR) is 73.7 cm³/mol. The van der Waals surface area contributed by atoms with Gasteiger partial charge in [0.25, 0.3) is 0 Å². The van der Waals surface area contributed by atoms with E-state index in [2.05, 4.69) is 53.8 Å². The summed E-state index contributed by atoms with van der Waals surface area (Å²) in [6, 6.07) is -0.394. The van der Waals surface area contributed by atoms with Gasteiger partial charge in [-0.25, -0.2) is 0 Å². The minimum Gasteiger partial charge on any atom is -0.350 e. The van der Waals surface area contributed by atoms with Crippen molar-refractivity contribution in [3.05, 3.63) is 0 Å². The van der Waals surface area contributed by atoms with Gasteiger partial charge in [-0.15, -0.1) is 0 Å². The van der Waals surface area contributed by atoms with E-state index >= 15 is 0 Å². The fourth-order valence-electron chi connectivity index (χ4n) is 2.41. The van der Waals surface area contributed by atoms with Gasteiger partial charge in [0.2, 0.25) is 5.91 Å². The van der Waals surface area contributed by atoms with E-state index in [1.165, 1.54) is 0 Å². The molecular formula is C14H30N2O. The number of carbonyl (C=O) groups is 1. The van der Waals surface area contributed by atoms with Crippen molar-refractivity contribution >= 4 is 5.91 Å². The Bertz CT molecular complexity index is 251. The lowest BCUT2D eigenvalue weighted by atomic mass is 9.81. The van der Waals surface area contributed by atoms with Crippen LogP contribution in [0.5, 0.6) is 0 Å². The molecule has 1 amide bonds. The fourth-order valence-corrected chi connectivity index (χ4v) is 2.41. The van der Waals surface area contributed by atoms with Gasteiger partial charge in [0.05, 0.1) is 6.04 Å². The van der Waals surface area contributed by atoms with Crippen LogP contribution in [-0.2, 0) is 4.79 Å². The maximum absolute atomic E-state index is 11.9. The first kappa shape index (κ1) is 16.4. The second-order valence-electron chi connectivity index (χ2n) is 7.35. The van der Waals surface area contributed by atoms with E-state index in [-0.39, 0.29) is 16.9 Å². The fraction of sp³-hybridized carbons (Fsp3) is 0.929. The van der Waals surface area contributed by atoms with Crippen molar-refractivity contribution in [2.45, 2.75) is 72.9 Å². The van der Waals surface area contributed by atoms with Crippen molar-refractivity contribution < 1.29 is 4.79 Å². The molecule has 0 aromatic carbocycles. The number of amides is 1. The van der Waals surface area contributed by atoms with Crippen molar-refractivity contribution in [1.29, 1.82) is 0 Å². The molecule has 1 atom stereocenters. The maximum atomic E-state index is 11.9. The summed E-state index contributed by atoms with van der Waals surface area (Å²) in [6.45, 7) is 14.8. The van der Waals surface area contributed by atoms with Crippen LogP contribution in [0.3, 0.4) is 0 Å². The molecule has 0 aliphatic heterocycles. The maximum Gasteiger partial charge on any atom is 0.237 e. The van der Waals surface area contributed by atoms with E-state index in [0.717, 1.165) is 12.8 Å². The summed E-state index contributed by atoms with van der Waals surface area (Å²) in [4.78, 5) is 11.9. The van der Waals surface area contributed by atoms with Crippen molar-refractivity contribution in [2.24, 2.45) is 17.1 Å². The Balaban J connectivity index is 4.36. The molecule has 0 saturated heterocycles. The highest BCUT2D eigenvalue weighted by atomic mass is 16.2. The highest BCUT2D eigenvalue weighted by Gasteiger charge is 2.28. The van der Waals surface area contributed by atoms with E-state index in [1.54, 1.807) is 0 Å². The Morgan fingerprint density at radius 1 is 1.18 bits per heavy atom. The van der Waals surface area contributed by atoms with E-state index in [0.29, 0.717) is 5.92 Å². The summed E-state index contributed by atoms with van der Waals surface area (Å²) in [6.07, 6.45) is 1.66. The zero-order valence-corrected chi connectivity index (χ0v) is 12.6. The van der Waals surface area contributed by atoms with E-state index in [4.69, 9.17) is 5.73 Å². The monoisotopic (exact) mass is 242 g/mol. The van der Waals surface area contributed by atoms with E-state index < -0.39 is 6.04 Å². The lowest BCUT2D eigenvalue weighted by Gasteiger charge is -2.34. The molecule has 0 heterocycles. The SMILES string of the molecule is CC(C)C[C@H](N)C(=O)NC(C)(C)CC(C)(C)C. The summed E-state index contributed by atoms with van der Waals surface area (Å²) in [5.41, 5.74) is 5.87. The minimum atomic E-state index is -0.394. The minimum absolute atomic E-state index is 0.0343. The highest BCUT2D eigenvalue weighted by molar-refractivity contribution is 5.82. The number of nitrogens with one attached hydrogen (secondary N) is 1. The van der Waals surface area contributed by atoms with E-state index in [9.17, 15) is 4.79 Å². The quantitative estimate of drug-likeness (QED) is 0.779. The average Bonchev–Trinajstić information content (AvgIpc) is 1.95. The van der Waals surface area contributed by atoms with Crippen molar-refractivity contribution in [2.75, 3.05) is 0 Å². The second kappa shape index (κ2) is 5.85. The molecule has 3 N–H and O–H groups in total. The average molecular weight is 242 g/mol. The molecule has 0 saturated carbocycles. The largest absolute Gasteiger partial charge is 0.350 e. The van der Waals surface area contributed by atoms with Crippen LogP contribution in [-0.4, -0.2) is 17.5 Å². The van der Waals surface area contributed by atoms with Gasteiger partial charge >= 0.3 is 0 Å². The number of rotatable bonds is 5. The van der Waals surface area contributed by atoms with Gasteiger partial charge in [0, 0.05) is 5.54 Å². The lowest BCUT2D eigenvalue weighted by Crippen LogP contribution is -2.52. The molecule has 0 aromatic rings. The van der Waals surface area contributed by atoms with Crippen LogP contribution < -0.4 is 11.1 Å². The standard InChI is InChI=1S/C14H30N2O/c1-10(2)8-11(15)12(17)16-14(6,7)9-13(3,4)5/h10-11H,8-9,15H2,1-7H3,(H,16,17)/t11-/m0/s1. The summed E-state index contributed by atoms with van der Waals surface area (Å²) in [5, 5.41) is 3.05. The van der Waals surface area contributed by atoms with Crippen LogP contribution in [0.4, 0.5) is 0 Å². The number of carbonyl (C=O) groups excluding carboxylic acids is 1. The Morgan fingerprint density at radius 2 is 1.65 bits per heavy atom. The van der Waals surface area contributed by atoms with Gasteiger partial charge in [-0.2, -0.15) is 0 Å². The summed E-state index contributed by atoms with van der Waals surface area (Å²) in [5.74, 6) is 0.412. The molecule has 0 fully saturated rings. The van der Waals surface area contributed by atoms with Crippen LogP contribution in [0, 0.1) is 11.3 Å². The first-order valence-corrected chi connectivity index (χ1v) is 6.50. The second-order valence-corrected chi connectivity index (χ2v) is 7.35. The molecule has 0 aromatic heterocycles. The zero-order valence-electron chi connectivity index (χ0n) is 12.6. The Morgan fingerprint density at radius 3 is 2.00 bits per heavy atom. The van der Waals surface area contributed by atoms with Crippen LogP contribution >= 0.6 is 0 Å². The van der Waals surface area contributed by atoms with Crippen LogP contribution in [0.15, 0.2) is 0 Å². The number of hydrogen-bond donors (Lipinski definition) is 2. The molecule has 0 rings (SSSR count).